The summed E-state index contributed by atoms with van der Waals surface area (Å²) in [5.41, 5.74) is 0. The van der Waals surface area contributed by atoms with Gasteiger partial charge in [0.05, 0.1) is 5.92 Å². The monoisotopic (exact) mass is 369 g/mol. The molecular weight excluding hydrogens is 350 g/mol. The van der Waals surface area contributed by atoms with Crippen LogP contribution in [0.4, 0.5) is 0 Å². The van der Waals surface area contributed by atoms with E-state index in [0.717, 1.165) is 23.7 Å². The van der Waals surface area contributed by atoms with Crippen molar-refractivity contribution in [2.75, 3.05) is 6.61 Å². The minimum atomic E-state index is -0.833. The van der Waals surface area contributed by atoms with Gasteiger partial charge in [-0.25, -0.2) is 0 Å². The predicted molar refractivity (Wildman–Crippen MR) is 85.8 cm³/mol. The lowest BCUT2D eigenvalue weighted by atomic mass is 9.95. The highest BCUT2D eigenvalue weighted by Gasteiger charge is 2.30. The Morgan fingerprint density at radius 2 is 2.05 bits per heavy atom. The number of hydrogen-bond acceptors (Lipinski definition) is 3. The van der Waals surface area contributed by atoms with Gasteiger partial charge in [0.25, 0.3) is 5.91 Å². The number of carbonyl (C=O) groups excluding carboxylic acids is 1. The maximum absolute atomic E-state index is 12.0. The van der Waals surface area contributed by atoms with Gasteiger partial charge in [-0.3, -0.25) is 9.59 Å². The second kappa shape index (κ2) is 8.17. The first-order valence-electron chi connectivity index (χ1n) is 7.47. The molecule has 0 saturated heterocycles. The Morgan fingerprint density at radius 1 is 1.27 bits per heavy atom. The Balaban J connectivity index is 1.88. The van der Waals surface area contributed by atoms with Crippen molar-refractivity contribution in [2.45, 2.75) is 38.1 Å². The van der Waals surface area contributed by atoms with Crippen LogP contribution in [-0.4, -0.2) is 29.6 Å². The van der Waals surface area contributed by atoms with Crippen LogP contribution in [0, 0.1) is 5.92 Å². The maximum atomic E-state index is 12.0. The third-order valence-corrected chi connectivity index (χ3v) is 4.34. The third kappa shape index (κ3) is 5.02. The SMILES string of the molecule is O=C(COc1cccc(Br)c1)N[C@H]1CCCCC[C@H]1C(=O)O. The number of hydrogen-bond donors (Lipinski definition) is 2. The molecule has 1 amide bonds. The van der Waals surface area contributed by atoms with Gasteiger partial charge in [0.1, 0.15) is 5.75 Å². The molecule has 1 aliphatic carbocycles. The molecule has 22 heavy (non-hydrogen) atoms. The lowest BCUT2D eigenvalue weighted by Crippen LogP contribution is -2.44. The molecule has 120 valence electrons. The van der Waals surface area contributed by atoms with Gasteiger partial charge in [0, 0.05) is 10.5 Å². The fourth-order valence-corrected chi connectivity index (χ4v) is 3.11. The van der Waals surface area contributed by atoms with E-state index in [4.69, 9.17) is 4.74 Å². The molecule has 2 atom stereocenters. The van der Waals surface area contributed by atoms with Crippen LogP contribution in [0.15, 0.2) is 28.7 Å². The molecule has 0 heterocycles. The van der Waals surface area contributed by atoms with E-state index in [2.05, 4.69) is 21.2 Å². The summed E-state index contributed by atoms with van der Waals surface area (Å²) in [5, 5.41) is 12.1. The van der Waals surface area contributed by atoms with Crippen LogP contribution in [-0.2, 0) is 9.59 Å². The number of carboxylic acids is 1. The van der Waals surface area contributed by atoms with Crippen molar-refractivity contribution in [2.24, 2.45) is 5.92 Å². The number of carboxylic acid groups (broad SMARTS) is 1. The zero-order valence-electron chi connectivity index (χ0n) is 12.3. The van der Waals surface area contributed by atoms with E-state index in [1.54, 1.807) is 12.1 Å². The molecule has 1 aromatic carbocycles. The van der Waals surface area contributed by atoms with Crippen molar-refractivity contribution < 1.29 is 19.4 Å². The smallest absolute Gasteiger partial charge is 0.308 e. The number of aliphatic carboxylic acids is 1. The van der Waals surface area contributed by atoms with Crippen molar-refractivity contribution >= 4 is 27.8 Å². The molecule has 5 nitrogen and oxygen atoms in total. The van der Waals surface area contributed by atoms with Gasteiger partial charge in [-0.15, -0.1) is 0 Å². The molecule has 0 bridgehead atoms. The zero-order chi connectivity index (χ0) is 15.9. The second-order valence-corrected chi connectivity index (χ2v) is 6.42. The number of nitrogens with one attached hydrogen (secondary N) is 1. The van der Waals surface area contributed by atoms with Gasteiger partial charge >= 0.3 is 5.97 Å². The predicted octanol–water partition coefficient (Wildman–Crippen LogP) is 2.98. The minimum absolute atomic E-state index is 0.112. The van der Waals surface area contributed by atoms with Crippen molar-refractivity contribution in [3.8, 4) is 5.75 Å². The van der Waals surface area contributed by atoms with Crippen LogP contribution in [0.5, 0.6) is 5.75 Å². The number of rotatable bonds is 5. The first-order valence-corrected chi connectivity index (χ1v) is 8.26. The Kier molecular flexibility index (Phi) is 6.24. The van der Waals surface area contributed by atoms with Crippen LogP contribution in [0.25, 0.3) is 0 Å². The highest BCUT2D eigenvalue weighted by Crippen LogP contribution is 2.24. The molecule has 2 rings (SSSR count). The molecule has 0 aromatic heterocycles. The molecule has 1 aliphatic rings. The maximum Gasteiger partial charge on any atom is 0.308 e. The quantitative estimate of drug-likeness (QED) is 0.782. The summed E-state index contributed by atoms with van der Waals surface area (Å²) in [6.07, 6.45) is 4.19. The summed E-state index contributed by atoms with van der Waals surface area (Å²) in [5.74, 6) is -1.02. The minimum Gasteiger partial charge on any atom is -0.484 e. The van der Waals surface area contributed by atoms with E-state index in [0.29, 0.717) is 18.6 Å². The summed E-state index contributed by atoms with van der Waals surface area (Å²) in [6, 6.07) is 6.93. The number of ether oxygens (including phenoxy) is 1. The number of carbonyl (C=O) groups is 2. The van der Waals surface area contributed by atoms with Gasteiger partial charge in [-0.05, 0) is 31.0 Å². The van der Waals surface area contributed by atoms with Gasteiger partial charge in [-0.1, -0.05) is 41.3 Å². The average Bonchev–Trinajstić information content (AvgIpc) is 2.71. The van der Waals surface area contributed by atoms with Crippen molar-refractivity contribution in [1.29, 1.82) is 0 Å². The fourth-order valence-electron chi connectivity index (χ4n) is 2.73. The molecule has 1 fully saturated rings. The van der Waals surface area contributed by atoms with Crippen molar-refractivity contribution in [1.82, 2.24) is 5.32 Å². The van der Waals surface area contributed by atoms with Crippen LogP contribution in [0.1, 0.15) is 32.1 Å². The topological polar surface area (TPSA) is 75.6 Å². The highest BCUT2D eigenvalue weighted by molar-refractivity contribution is 9.10. The van der Waals surface area contributed by atoms with E-state index in [1.807, 2.05) is 12.1 Å². The van der Waals surface area contributed by atoms with Crippen LogP contribution in [0.3, 0.4) is 0 Å². The molecule has 6 heteroatoms. The third-order valence-electron chi connectivity index (χ3n) is 3.85. The largest absolute Gasteiger partial charge is 0.484 e. The Hall–Kier alpha value is -1.56. The summed E-state index contributed by atoms with van der Waals surface area (Å²) >= 11 is 3.34. The van der Waals surface area contributed by atoms with Gasteiger partial charge < -0.3 is 15.2 Å². The van der Waals surface area contributed by atoms with E-state index in [1.165, 1.54) is 0 Å². The molecule has 0 unspecified atom stereocenters. The van der Waals surface area contributed by atoms with E-state index >= 15 is 0 Å². The Morgan fingerprint density at radius 3 is 2.77 bits per heavy atom. The lowest BCUT2D eigenvalue weighted by molar-refractivity contribution is -0.143. The summed E-state index contributed by atoms with van der Waals surface area (Å²) in [4.78, 5) is 23.3. The van der Waals surface area contributed by atoms with Crippen molar-refractivity contribution in [3.63, 3.8) is 0 Å². The standard InChI is InChI=1S/C16H20BrNO4/c17-11-5-4-6-12(9-11)22-10-15(19)18-14-8-3-1-2-7-13(14)16(20)21/h4-6,9,13-14H,1-3,7-8,10H2,(H,18,19)(H,20,21)/t13-,14+/m1/s1. The summed E-state index contributed by atoms with van der Waals surface area (Å²) in [7, 11) is 0. The summed E-state index contributed by atoms with van der Waals surface area (Å²) < 4.78 is 6.30. The van der Waals surface area contributed by atoms with Gasteiger partial charge in [0.2, 0.25) is 0 Å². The molecule has 0 spiro atoms. The first kappa shape index (κ1) is 16.8. The lowest BCUT2D eigenvalue weighted by Gasteiger charge is -2.22. The van der Waals surface area contributed by atoms with Crippen LogP contribution >= 0.6 is 15.9 Å². The highest BCUT2D eigenvalue weighted by atomic mass is 79.9. The fraction of sp³-hybridized carbons (Fsp3) is 0.500. The first-order chi connectivity index (χ1) is 10.6. The van der Waals surface area contributed by atoms with Gasteiger partial charge in [0.15, 0.2) is 6.61 Å². The van der Waals surface area contributed by atoms with E-state index in [9.17, 15) is 14.7 Å². The number of amides is 1. The normalized spacial score (nSPS) is 21.7. The van der Waals surface area contributed by atoms with Gasteiger partial charge in [-0.2, -0.15) is 0 Å². The van der Waals surface area contributed by atoms with Crippen LogP contribution < -0.4 is 10.1 Å². The molecule has 1 saturated carbocycles. The summed E-state index contributed by atoms with van der Waals surface area (Å²) in [6.45, 7) is -0.112. The Labute approximate surface area is 138 Å². The number of halogens is 1. The second-order valence-electron chi connectivity index (χ2n) is 5.50. The molecule has 1 aromatic rings. The van der Waals surface area contributed by atoms with E-state index in [-0.39, 0.29) is 18.6 Å². The van der Waals surface area contributed by atoms with E-state index < -0.39 is 11.9 Å². The average molecular weight is 370 g/mol. The molecule has 0 radical (unpaired) electrons. The Bertz CT molecular complexity index is 535. The zero-order valence-corrected chi connectivity index (χ0v) is 13.8. The number of benzene rings is 1. The molecule has 0 aliphatic heterocycles. The molecular formula is C16H20BrNO4. The van der Waals surface area contributed by atoms with Crippen molar-refractivity contribution in [3.05, 3.63) is 28.7 Å². The van der Waals surface area contributed by atoms with Crippen LogP contribution in [0.2, 0.25) is 0 Å². The molecule has 2 N–H and O–H groups in total.